The molecule has 0 saturated heterocycles. The van der Waals surface area contributed by atoms with Crippen LogP contribution in [-0.2, 0) is 17.6 Å². The molecule has 0 aromatic heterocycles. The van der Waals surface area contributed by atoms with Gasteiger partial charge in [0, 0.05) is 24.1 Å². The first kappa shape index (κ1) is 18.7. The lowest BCUT2D eigenvalue weighted by Gasteiger charge is -2.18. The first-order valence-electron chi connectivity index (χ1n) is 8.78. The van der Waals surface area contributed by atoms with Gasteiger partial charge in [-0.2, -0.15) is 0 Å². The third kappa shape index (κ3) is 4.75. The molecule has 142 valence electrons. The predicted octanol–water partition coefficient (Wildman–Crippen LogP) is 3.05. The number of benzene rings is 2. The fourth-order valence-electron chi connectivity index (χ4n) is 3.04. The highest BCUT2D eigenvalue weighted by atomic mass is 16.6. The SMILES string of the molecule is CC1(C)Cc2cccc(OCCNC(=O)Cc3ccc([N+](=O)[O-])cc3)c2O1. The van der Waals surface area contributed by atoms with Gasteiger partial charge in [-0.25, -0.2) is 0 Å². The fourth-order valence-corrected chi connectivity index (χ4v) is 3.04. The molecule has 1 heterocycles. The molecule has 1 aliphatic rings. The van der Waals surface area contributed by atoms with E-state index in [4.69, 9.17) is 9.47 Å². The molecule has 7 heteroatoms. The number of ether oxygens (including phenoxy) is 2. The van der Waals surface area contributed by atoms with Crippen molar-refractivity contribution in [2.75, 3.05) is 13.2 Å². The number of para-hydroxylation sites is 1. The molecule has 27 heavy (non-hydrogen) atoms. The van der Waals surface area contributed by atoms with Gasteiger partial charge in [0.05, 0.1) is 17.9 Å². The first-order valence-corrected chi connectivity index (χ1v) is 8.78. The van der Waals surface area contributed by atoms with Crippen LogP contribution in [0, 0.1) is 10.1 Å². The van der Waals surface area contributed by atoms with Crippen molar-refractivity contribution < 1.29 is 19.2 Å². The lowest BCUT2D eigenvalue weighted by atomic mass is 10.0. The van der Waals surface area contributed by atoms with Crippen molar-refractivity contribution in [3.8, 4) is 11.5 Å². The molecule has 2 aromatic rings. The molecule has 0 bridgehead atoms. The van der Waals surface area contributed by atoms with Crippen molar-refractivity contribution in [2.24, 2.45) is 0 Å². The second-order valence-corrected chi connectivity index (χ2v) is 7.08. The maximum absolute atomic E-state index is 12.0. The van der Waals surface area contributed by atoms with Crippen LogP contribution in [0.25, 0.3) is 0 Å². The lowest BCUT2D eigenvalue weighted by molar-refractivity contribution is -0.384. The Morgan fingerprint density at radius 2 is 2.00 bits per heavy atom. The minimum atomic E-state index is -0.466. The number of nitro benzene ring substituents is 1. The van der Waals surface area contributed by atoms with Crippen LogP contribution in [0.2, 0.25) is 0 Å². The summed E-state index contributed by atoms with van der Waals surface area (Å²) in [7, 11) is 0. The molecule has 0 aliphatic carbocycles. The van der Waals surface area contributed by atoms with Gasteiger partial charge in [-0.05, 0) is 25.5 Å². The molecule has 0 fully saturated rings. The van der Waals surface area contributed by atoms with Crippen LogP contribution in [0.4, 0.5) is 5.69 Å². The van der Waals surface area contributed by atoms with Crippen molar-refractivity contribution in [1.29, 1.82) is 0 Å². The smallest absolute Gasteiger partial charge is 0.269 e. The van der Waals surface area contributed by atoms with E-state index in [1.807, 2.05) is 32.0 Å². The largest absolute Gasteiger partial charge is 0.488 e. The van der Waals surface area contributed by atoms with Crippen LogP contribution in [-0.4, -0.2) is 29.6 Å². The molecule has 1 amide bonds. The van der Waals surface area contributed by atoms with E-state index in [2.05, 4.69) is 5.32 Å². The van der Waals surface area contributed by atoms with E-state index in [1.54, 1.807) is 12.1 Å². The number of carbonyl (C=O) groups excluding carboxylic acids is 1. The molecule has 0 saturated carbocycles. The van der Waals surface area contributed by atoms with Gasteiger partial charge in [0.1, 0.15) is 12.2 Å². The first-order chi connectivity index (χ1) is 12.8. The standard InChI is InChI=1S/C20H22N2O5/c1-20(2)13-15-4-3-5-17(19(15)27-20)26-11-10-21-18(23)12-14-6-8-16(9-7-14)22(24)25/h3-9H,10-13H2,1-2H3,(H,21,23). The second-order valence-electron chi connectivity index (χ2n) is 7.08. The Bertz CT molecular complexity index is 846. The molecule has 7 nitrogen and oxygen atoms in total. The molecule has 1 N–H and O–H groups in total. The van der Waals surface area contributed by atoms with Gasteiger partial charge in [-0.3, -0.25) is 14.9 Å². The average Bonchev–Trinajstić information content (AvgIpc) is 2.93. The van der Waals surface area contributed by atoms with E-state index >= 15 is 0 Å². The van der Waals surface area contributed by atoms with Gasteiger partial charge in [0.25, 0.3) is 5.69 Å². The highest BCUT2D eigenvalue weighted by molar-refractivity contribution is 5.78. The Balaban J connectivity index is 1.45. The minimum absolute atomic E-state index is 0.00773. The molecular formula is C20H22N2O5. The van der Waals surface area contributed by atoms with E-state index in [0.717, 1.165) is 23.3 Å². The number of nitrogens with one attached hydrogen (secondary N) is 1. The third-order valence-corrected chi connectivity index (χ3v) is 4.25. The zero-order valence-corrected chi connectivity index (χ0v) is 15.4. The Labute approximate surface area is 157 Å². The number of non-ortho nitro benzene ring substituents is 1. The summed E-state index contributed by atoms with van der Waals surface area (Å²) in [6.45, 7) is 4.76. The summed E-state index contributed by atoms with van der Waals surface area (Å²) in [5.74, 6) is 1.30. The lowest BCUT2D eigenvalue weighted by Crippen LogP contribution is -2.29. The van der Waals surface area contributed by atoms with E-state index in [0.29, 0.717) is 18.9 Å². The van der Waals surface area contributed by atoms with Gasteiger partial charge in [-0.15, -0.1) is 0 Å². The molecule has 2 aromatic carbocycles. The number of nitro groups is 1. The summed E-state index contributed by atoms with van der Waals surface area (Å²) in [6, 6.07) is 11.8. The number of carbonyl (C=O) groups is 1. The van der Waals surface area contributed by atoms with Crippen molar-refractivity contribution >= 4 is 11.6 Å². The highest BCUT2D eigenvalue weighted by Gasteiger charge is 2.32. The number of rotatable bonds is 7. The van der Waals surface area contributed by atoms with E-state index < -0.39 is 4.92 Å². The predicted molar refractivity (Wildman–Crippen MR) is 100 cm³/mol. The summed E-state index contributed by atoms with van der Waals surface area (Å²) < 4.78 is 11.7. The zero-order chi connectivity index (χ0) is 19.4. The van der Waals surface area contributed by atoms with Gasteiger partial charge in [0.2, 0.25) is 5.91 Å². The number of hydrogen-bond donors (Lipinski definition) is 1. The Morgan fingerprint density at radius 3 is 2.70 bits per heavy atom. The zero-order valence-electron chi connectivity index (χ0n) is 15.4. The molecule has 0 unspecified atom stereocenters. The van der Waals surface area contributed by atoms with Gasteiger partial charge in [-0.1, -0.05) is 24.3 Å². The highest BCUT2D eigenvalue weighted by Crippen LogP contribution is 2.41. The maximum atomic E-state index is 12.0. The van der Waals surface area contributed by atoms with Crippen molar-refractivity contribution in [2.45, 2.75) is 32.3 Å². The monoisotopic (exact) mass is 370 g/mol. The summed E-state index contributed by atoms with van der Waals surface area (Å²) in [4.78, 5) is 22.2. The normalized spacial score (nSPS) is 14.1. The van der Waals surface area contributed by atoms with Crippen LogP contribution < -0.4 is 14.8 Å². The minimum Gasteiger partial charge on any atom is -0.488 e. The number of nitrogens with zero attached hydrogens (tertiary/aromatic N) is 1. The molecule has 0 atom stereocenters. The fraction of sp³-hybridized carbons (Fsp3) is 0.350. The molecule has 0 radical (unpaired) electrons. The Kier molecular flexibility index (Phi) is 5.30. The second kappa shape index (κ2) is 7.65. The molecule has 0 spiro atoms. The Hall–Kier alpha value is -3.09. The van der Waals surface area contributed by atoms with E-state index in [1.165, 1.54) is 12.1 Å². The maximum Gasteiger partial charge on any atom is 0.269 e. The summed E-state index contributed by atoms with van der Waals surface area (Å²) >= 11 is 0. The van der Waals surface area contributed by atoms with Gasteiger partial charge in [0.15, 0.2) is 11.5 Å². The molecule has 1 aliphatic heterocycles. The number of hydrogen-bond acceptors (Lipinski definition) is 5. The summed E-state index contributed by atoms with van der Waals surface area (Å²) in [6.07, 6.45) is 1.00. The molecule has 3 rings (SSSR count). The summed E-state index contributed by atoms with van der Waals surface area (Å²) in [5, 5.41) is 13.4. The third-order valence-electron chi connectivity index (χ3n) is 4.25. The van der Waals surface area contributed by atoms with Crippen LogP contribution in [0.1, 0.15) is 25.0 Å². The van der Waals surface area contributed by atoms with Crippen LogP contribution in [0.5, 0.6) is 11.5 Å². The van der Waals surface area contributed by atoms with E-state index in [9.17, 15) is 14.9 Å². The van der Waals surface area contributed by atoms with Crippen LogP contribution in [0.3, 0.4) is 0 Å². The quantitative estimate of drug-likeness (QED) is 0.460. The van der Waals surface area contributed by atoms with Crippen molar-refractivity contribution in [3.63, 3.8) is 0 Å². The van der Waals surface area contributed by atoms with Crippen molar-refractivity contribution in [3.05, 3.63) is 63.7 Å². The molecular weight excluding hydrogens is 348 g/mol. The summed E-state index contributed by atoms with van der Waals surface area (Å²) in [5.41, 5.74) is 1.62. The van der Waals surface area contributed by atoms with Gasteiger partial charge >= 0.3 is 0 Å². The van der Waals surface area contributed by atoms with Gasteiger partial charge < -0.3 is 14.8 Å². The average molecular weight is 370 g/mol. The Morgan fingerprint density at radius 1 is 1.26 bits per heavy atom. The number of fused-ring (bicyclic) bond motifs is 1. The topological polar surface area (TPSA) is 90.7 Å². The van der Waals surface area contributed by atoms with E-state index in [-0.39, 0.29) is 23.6 Å². The van der Waals surface area contributed by atoms with Crippen LogP contribution in [0.15, 0.2) is 42.5 Å². The van der Waals surface area contributed by atoms with Crippen LogP contribution >= 0.6 is 0 Å². The van der Waals surface area contributed by atoms with Crippen molar-refractivity contribution in [1.82, 2.24) is 5.32 Å². The number of amides is 1.